The van der Waals surface area contributed by atoms with Gasteiger partial charge in [-0.25, -0.2) is 4.39 Å². The third-order valence-electron chi connectivity index (χ3n) is 2.24. The maximum atomic E-state index is 12.8. The summed E-state index contributed by atoms with van der Waals surface area (Å²) in [7, 11) is 0. The van der Waals surface area contributed by atoms with Crippen molar-refractivity contribution in [1.82, 2.24) is 9.97 Å². The Hall–Kier alpha value is -2.07. The normalized spacial score (nSPS) is 11.5. The van der Waals surface area contributed by atoms with Gasteiger partial charge in [0, 0.05) is 18.0 Å². The zero-order chi connectivity index (χ0) is 12.1. The molecule has 0 fully saturated rings. The van der Waals surface area contributed by atoms with Crippen LogP contribution in [0.2, 0.25) is 0 Å². The summed E-state index contributed by atoms with van der Waals surface area (Å²) in [5.74, 6) is -0.558. The highest BCUT2D eigenvalue weighted by atomic mass is 19.1. The van der Waals surface area contributed by atoms with Crippen LogP contribution >= 0.6 is 0 Å². The molecule has 1 N–H and O–H groups in total. The molecule has 0 amide bonds. The summed E-state index contributed by atoms with van der Waals surface area (Å²) in [6.45, 7) is -0.577. The van der Waals surface area contributed by atoms with Crippen LogP contribution in [0.1, 0.15) is 5.56 Å². The summed E-state index contributed by atoms with van der Waals surface area (Å²) < 4.78 is 12.8. The van der Waals surface area contributed by atoms with Crippen molar-refractivity contribution in [2.24, 2.45) is 0 Å². The van der Waals surface area contributed by atoms with E-state index < -0.39 is 12.4 Å². The van der Waals surface area contributed by atoms with E-state index in [9.17, 15) is 4.39 Å². The number of rotatable bonds is 3. The maximum absolute atomic E-state index is 12.8. The average Bonchev–Trinajstić information content (AvgIpc) is 2.40. The van der Waals surface area contributed by atoms with E-state index >= 15 is 0 Å². The first kappa shape index (κ1) is 11.4. The van der Waals surface area contributed by atoms with Crippen molar-refractivity contribution in [3.63, 3.8) is 0 Å². The standard InChI is InChI=1S/C13H11FN2O/c14-12(9-17)7-10-1-3-11(4-2-10)13-8-15-5-6-16-13/h1-8,17H,9H2/b12-7-. The molecule has 0 atom stereocenters. The lowest BCUT2D eigenvalue weighted by Crippen LogP contribution is -1.85. The van der Waals surface area contributed by atoms with Gasteiger partial charge in [-0.05, 0) is 11.6 Å². The fraction of sp³-hybridized carbons (Fsp3) is 0.0769. The van der Waals surface area contributed by atoms with Gasteiger partial charge in [0.2, 0.25) is 0 Å². The van der Waals surface area contributed by atoms with Crippen LogP contribution in [0.4, 0.5) is 4.39 Å². The summed E-state index contributed by atoms with van der Waals surface area (Å²) in [5.41, 5.74) is 2.38. The Morgan fingerprint density at radius 1 is 1.24 bits per heavy atom. The number of benzene rings is 1. The van der Waals surface area contributed by atoms with E-state index in [4.69, 9.17) is 5.11 Å². The zero-order valence-electron chi connectivity index (χ0n) is 9.05. The second-order valence-corrected chi connectivity index (χ2v) is 3.46. The molecule has 4 heteroatoms. The third-order valence-corrected chi connectivity index (χ3v) is 2.24. The van der Waals surface area contributed by atoms with Crippen molar-refractivity contribution < 1.29 is 9.50 Å². The van der Waals surface area contributed by atoms with Crippen molar-refractivity contribution in [3.05, 3.63) is 54.2 Å². The van der Waals surface area contributed by atoms with Gasteiger partial charge in [0.25, 0.3) is 0 Å². The molecule has 0 aliphatic rings. The molecule has 0 saturated heterocycles. The fourth-order valence-corrected chi connectivity index (χ4v) is 1.42. The molecule has 86 valence electrons. The minimum atomic E-state index is -0.577. The highest BCUT2D eigenvalue weighted by Crippen LogP contribution is 2.17. The number of hydrogen-bond acceptors (Lipinski definition) is 3. The van der Waals surface area contributed by atoms with Crippen LogP contribution in [0.25, 0.3) is 17.3 Å². The fourth-order valence-electron chi connectivity index (χ4n) is 1.42. The molecule has 1 aromatic carbocycles. The van der Waals surface area contributed by atoms with E-state index in [1.54, 1.807) is 30.7 Å². The van der Waals surface area contributed by atoms with Gasteiger partial charge in [0.15, 0.2) is 0 Å². The Labute approximate surface area is 98.3 Å². The molecule has 0 radical (unpaired) electrons. The van der Waals surface area contributed by atoms with Crippen LogP contribution in [0.3, 0.4) is 0 Å². The van der Waals surface area contributed by atoms with Crippen molar-refractivity contribution >= 4 is 6.08 Å². The lowest BCUT2D eigenvalue weighted by Gasteiger charge is -2.00. The molecule has 0 unspecified atom stereocenters. The molecule has 0 aliphatic carbocycles. The summed E-state index contributed by atoms with van der Waals surface area (Å²) in [4.78, 5) is 8.14. The largest absolute Gasteiger partial charge is 0.389 e. The average molecular weight is 230 g/mol. The molecule has 1 heterocycles. The molecular formula is C13H11FN2O. The van der Waals surface area contributed by atoms with Crippen LogP contribution < -0.4 is 0 Å². The predicted molar refractivity (Wildman–Crippen MR) is 63.6 cm³/mol. The van der Waals surface area contributed by atoms with E-state index in [0.717, 1.165) is 11.3 Å². The van der Waals surface area contributed by atoms with Gasteiger partial charge in [0.05, 0.1) is 18.5 Å². The molecule has 2 rings (SSSR count). The molecule has 2 aromatic rings. The SMILES string of the molecule is OC/C(F)=C/c1ccc(-c2cnccn2)cc1. The number of halogens is 1. The van der Waals surface area contributed by atoms with Crippen LogP contribution in [-0.2, 0) is 0 Å². The summed E-state index contributed by atoms with van der Waals surface area (Å²) in [6.07, 6.45) is 6.19. The van der Waals surface area contributed by atoms with Gasteiger partial charge in [-0.3, -0.25) is 9.97 Å². The van der Waals surface area contributed by atoms with Gasteiger partial charge >= 0.3 is 0 Å². The smallest absolute Gasteiger partial charge is 0.126 e. The second kappa shape index (κ2) is 5.32. The third kappa shape index (κ3) is 2.95. The van der Waals surface area contributed by atoms with Crippen molar-refractivity contribution in [3.8, 4) is 11.3 Å². The first-order chi connectivity index (χ1) is 8.29. The predicted octanol–water partition coefficient (Wildman–Crippen LogP) is 2.45. The van der Waals surface area contributed by atoms with Gasteiger partial charge in [-0.1, -0.05) is 24.3 Å². The molecule has 0 saturated carbocycles. The monoisotopic (exact) mass is 230 g/mol. The Balaban J connectivity index is 2.25. The van der Waals surface area contributed by atoms with E-state index in [2.05, 4.69) is 9.97 Å². The molecule has 1 aromatic heterocycles. The summed E-state index contributed by atoms with van der Waals surface area (Å²) >= 11 is 0. The molecule has 3 nitrogen and oxygen atoms in total. The highest BCUT2D eigenvalue weighted by molar-refractivity contribution is 5.62. The topological polar surface area (TPSA) is 46.0 Å². The molecule has 0 spiro atoms. The number of aliphatic hydroxyl groups excluding tert-OH is 1. The molecule has 0 aliphatic heterocycles. The van der Waals surface area contributed by atoms with Gasteiger partial charge < -0.3 is 5.11 Å². The van der Waals surface area contributed by atoms with E-state index in [-0.39, 0.29) is 0 Å². The van der Waals surface area contributed by atoms with E-state index in [0.29, 0.717) is 5.56 Å². The second-order valence-electron chi connectivity index (χ2n) is 3.46. The quantitative estimate of drug-likeness (QED) is 0.880. The number of aliphatic hydroxyl groups is 1. The first-order valence-corrected chi connectivity index (χ1v) is 5.13. The molecule has 0 bridgehead atoms. The van der Waals surface area contributed by atoms with Crippen LogP contribution in [0.15, 0.2) is 48.7 Å². The van der Waals surface area contributed by atoms with Crippen molar-refractivity contribution in [2.45, 2.75) is 0 Å². The molecule has 17 heavy (non-hydrogen) atoms. The Kier molecular flexibility index (Phi) is 3.57. The van der Waals surface area contributed by atoms with E-state index in [1.807, 2.05) is 12.1 Å². The van der Waals surface area contributed by atoms with Gasteiger partial charge in [-0.2, -0.15) is 0 Å². The number of aromatic nitrogens is 2. The summed E-state index contributed by atoms with van der Waals surface area (Å²) in [5, 5.41) is 8.57. The maximum Gasteiger partial charge on any atom is 0.126 e. The van der Waals surface area contributed by atoms with Crippen LogP contribution in [0.5, 0.6) is 0 Å². The van der Waals surface area contributed by atoms with Crippen LogP contribution in [0, 0.1) is 0 Å². The lowest BCUT2D eigenvalue weighted by atomic mass is 10.1. The molecular weight excluding hydrogens is 219 g/mol. The van der Waals surface area contributed by atoms with Crippen LogP contribution in [-0.4, -0.2) is 21.7 Å². The van der Waals surface area contributed by atoms with E-state index in [1.165, 1.54) is 6.08 Å². The van der Waals surface area contributed by atoms with Crippen molar-refractivity contribution in [2.75, 3.05) is 6.61 Å². The Bertz CT molecular complexity index is 509. The lowest BCUT2D eigenvalue weighted by molar-refractivity contribution is 0.300. The highest BCUT2D eigenvalue weighted by Gasteiger charge is 1.99. The first-order valence-electron chi connectivity index (χ1n) is 5.13. The van der Waals surface area contributed by atoms with Gasteiger partial charge in [0.1, 0.15) is 5.83 Å². The Morgan fingerprint density at radius 2 is 2.00 bits per heavy atom. The van der Waals surface area contributed by atoms with Gasteiger partial charge in [-0.15, -0.1) is 0 Å². The minimum Gasteiger partial charge on any atom is -0.389 e. The minimum absolute atomic E-state index is 0.558. The summed E-state index contributed by atoms with van der Waals surface area (Å²) in [6, 6.07) is 7.19. The number of hydrogen-bond donors (Lipinski definition) is 1. The number of nitrogens with zero attached hydrogens (tertiary/aromatic N) is 2. The van der Waals surface area contributed by atoms with Crippen molar-refractivity contribution in [1.29, 1.82) is 0 Å². The zero-order valence-corrected chi connectivity index (χ0v) is 9.05. The Morgan fingerprint density at radius 3 is 2.59 bits per heavy atom.